The topological polar surface area (TPSA) is 102 Å². The molecule has 0 fully saturated rings. The van der Waals surface area contributed by atoms with Gasteiger partial charge in [0.1, 0.15) is 0 Å². The molecule has 148 valence electrons. The van der Waals surface area contributed by atoms with Gasteiger partial charge in [0.05, 0.1) is 10.5 Å². The first-order valence-corrected chi connectivity index (χ1v) is 9.96. The van der Waals surface area contributed by atoms with Crippen molar-refractivity contribution in [2.45, 2.75) is 18.7 Å². The molecular formula is C20H22N2O5S. The molecule has 0 aliphatic rings. The number of rotatable bonds is 8. The SMILES string of the molecule is C=CCNS(=O)(=O)c1cccc(C(=O)OCC(=O)Nc2ccc(C)c(C)c2)c1. The summed E-state index contributed by atoms with van der Waals surface area (Å²) < 4.78 is 31.5. The number of hydrogen-bond acceptors (Lipinski definition) is 5. The predicted molar refractivity (Wildman–Crippen MR) is 107 cm³/mol. The number of nitrogens with one attached hydrogen (secondary N) is 2. The van der Waals surface area contributed by atoms with E-state index in [2.05, 4.69) is 16.6 Å². The summed E-state index contributed by atoms with van der Waals surface area (Å²) in [5, 5.41) is 2.64. The summed E-state index contributed by atoms with van der Waals surface area (Å²) in [7, 11) is -3.77. The molecule has 0 aliphatic heterocycles. The molecule has 8 heteroatoms. The molecule has 1 amide bonds. The number of ether oxygens (including phenoxy) is 1. The van der Waals surface area contributed by atoms with Crippen molar-refractivity contribution in [2.75, 3.05) is 18.5 Å². The van der Waals surface area contributed by atoms with E-state index >= 15 is 0 Å². The molecule has 7 nitrogen and oxygen atoms in total. The molecule has 0 unspecified atom stereocenters. The summed E-state index contributed by atoms with van der Waals surface area (Å²) in [4.78, 5) is 24.1. The summed E-state index contributed by atoms with van der Waals surface area (Å²) in [5.74, 6) is -1.29. The number of carbonyl (C=O) groups excluding carboxylic acids is 2. The van der Waals surface area contributed by atoms with Crippen LogP contribution in [0.3, 0.4) is 0 Å². The van der Waals surface area contributed by atoms with E-state index in [1.54, 1.807) is 6.07 Å². The van der Waals surface area contributed by atoms with Gasteiger partial charge in [0.25, 0.3) is 5.91 Å². The van der Waals surface area contributed by atoms with Gasteiger partial charge in [0.15, 0.2) is 6.61 Å². The highest BCUT2D eigenvalue weighted by Gasteiger charge is 2.17. The third kappa shape index (κ3) is 5.77. The average Bonchev–Trinajstić information content (AvgIpc) is 2.67. The Bertz CT molecular complexity index is 999. The van der Waals surface area contributed by atoms with E-state index in [0.29, 0.717) is 5.69 Å². The molecule has 0 saturated heterocycles. The van der Waals surface area contributed by atoms with Crippen molar-refractivity contribution >= 4 is 27.6 Å². The van der Waals surface area contributed by atoms with Crippen LogP contribution in [0.4, 0.5) is 5.69 Å². The molecule has 28 heavy (non-hydrogen) atoms. The number of esters is 1. The average molecular weight is 402 g/mol. The smallest absolute Gasteiger partial charge is 0.338 e. The fourth-order valence-corrected chi connectivity index (χ4v) is 3.32. The maximum Gasteiger partial charge on any atom is 0.338 e. The largest absolute Gasteiger partial charge is 0.452 e. The van der Waals surface area contributed by atoms with Crippen LogP contribution < -0.4 is 10.0 Å². The number of hydrogen-bond donors (Lipinski definition) is 2. The maximum absolute atomic E-state index is 12.2. The van der Waals surface area contributed by atoms with Crippen molar-refractivity contribution in [1.82, 2.24) is 4.72 Å². The lowest BCUT2D eigenvalue weighted by Gasteiger charge is -2.09. The first kappa shape index (κ1) is 21.3. The summed E-state index contributed by atoms with van der Waals surface area (Å²) in [6.07, 6.45) is 1.41. The van der Waals surface area contributed by atoms with Gasteiger partial charge in [-0.3, -0.25) is 4.79 Å². The number of benzene rings is 2. The molecule has 0 bridgehead atoms. The summed E-state index contributed by atoms with van der Waals surface area (Å²) >= 11 is 0. The van der Waals surface area contributed by atoms with Gasteiger partial charge in [0, 0.05) is 12.2 Å². The normalized spacial score (nSPS) is 10.9. The van der Waals surface area contributed by atoms with Gasteiger partial charge < -0.3 is 10.1 Å². The van der Waals surface area contributed by atoms with Gasteiger partial charge in [-0.25, -0.2) is 17.9 Å². The van der Waals surface area contributed by atoms with E-state index < -0.39 is 28.5 Å². The highest BCUT2D eigenvalue weighted by Crippen LogP contribution is 2.15. The van der Waals surface area contributed by atoms with Crippen molar-refractivity contribution in [2.24, 2.45) is 0 Å². The third-order valence-corrected chi connectivity index (χ3v) is 5.34. The maximum atomic E-state index is 12.2. The second-order valence-electron chi connectivity index (χ2n) is 6.09. The number of sulfonamides is 1. The predicted octanol–water partition coefficient (Wildman–Crippen LogP) is 2.56. The van der Waals surface area contributed by atoms with Gasteiger partial charge in [-0.1, -0.05) is 18.2 Å². The quantitative estimate of drug-likeness (QED) is 0.522. The molecule has 0 radical (unpaired) electrons. The van der Waals surface area contributed by atoms with Crippen LogP contribution in [0.2, 0.25) is 0 Å². The lowest BCUT2D eigenvalue weighted by Crippen LogP contribution is -2.24. The van der Waals surface area contributed by atoms with Crippen LogP contribution >= 0.6 is 0 Å². The van der Waals surface area contributed by atoms with E-state index in [4.69, 9.17) is 4.74 Å². The zero-order valence-electron chi connectivity index (χ0n) is 15.7. The van der Waals surface area contributed by atoms with Gasteiger partial charge in [-0.2, -0.15) is 0 Å². The van der Waals surface area contributed by atoms with Crippen LogP contribution in [0, 0.1) is 13.8 Å². The molecule has 0 atom stereocenters. The number of amides is 1. The van der Waals surface area contributed by atoms with Crippen molar-refractivity contribution in [3.63, 3.8) is 0 Å². The molecular weight excluding hydrogens is 380 g/mol. The first-order valence-electron chi connectivity index (χ1n) is 8.48. The van der Waals surface area contributed by atoms with Crippen LogP contribution in [-0.4, -0.2) is 33.4 Å². The Morgan fingerprint density at radius 1 is 1.11 bits per heavy atom. The van der Waals surface area contributed by atoms with E-state index in [0.717, 1.165) is 11.1 Å². The standard InChI is InChI=1S/C20H22N2O5S/c1-4-10-21-28(25,26)18-7-5-6-16(12-18)20(24)27-13-19(23)22-17-9-8-14(2)15(3)11-17/h4-9,11-12,21H,1,10,13H2,2-3H3,(H,22,23). The second-order valence-corrected chi connectivity index (χ2v) is 7.86. The zero-order chi connectivity index (χ0) is 20.7. The Hall–Kier alpha value is -2.97. The van der Waals surface area contributed by atoms with Crippen LogP contribution in [0.5, 0.6) is 0 Å². The fraction of sp³-hybridized carbons (Fsp3) is 0.200. The Labute approximate surface area is 164 Å². The van der Waals surface area contributed by atoms with Crippen molar-refractivity contribution in [3.05, 3.63) is 71.8 Å². The molecule has 2 rings (SSSR count). The number of anilines is 1. The molecule has 2 aromatic carbocycles. The molecule has 0 spiro atoms. The van der Waals surface area contributed by atoms with Crippen LogP contribution in [0.15, 0.2) is 60.0 Å². The minimum atomic E-state index is -3.77. The second kappa shape index (κ2) is 9.29. The van der Waals surface area contributed by atoms with E-state index in [9.17, 15) is 18.0 Å². The third-order valence-electron chi connectivity index (χ3n) is 3.92. The Balaban J connectivity index is 1.99. The minimum Gasteiger partial charge on any atom is -0.452 e. The van der Waals surface area contributed by atoms with Crippen LogP contribution in [-0.2, 0) is 19.6 Å². The first-order chi connectivity index (χ1) is 13.2. The van der Waals surface area contributed by atoms with Crippen LogP contribution in [0.1, 0.15) is 21.5 Å². The molecule has 2 N–H and O–H groups in total. The molecule has 0 saturated carbocycles. The van der Waals surface area contributed by atoms with Crippen molar-refractivity contribution in [3.8, 4) is 0 Å². The monoisotopic (exact) mass is 402 g/mol. The van der Waals surface area contributed by atoms with Crippen LogP contribution in [0.25, 0.3) is 0 Å². The van der Waals surface area contributed by atoms with E-state index in [1.807, 2.05) is 26.0 Å². The molecule has 0 aromatic heterocycles. The highest BCUT2D eigenvalue weighted by molar-refractivity contribution is 7.89. The Morgan fingerprint density at radius 2 is 1.86 bits per heavy atom. The number of aryl methyl sites for hydroxylation is 2. The van der Waals surface area contributed by atoms with Crippen molar-refractivity contribution < 1.29 is 22.7 Å². The molecule has 0 heterocycles. The molecule has 2 aromatic rings. The van der Waals surface area contributed by atoms with Gasteiger partial charge in [-0.05, 0) is 55.3 Å². The highest BCUT2D eigenvalue weighted by atomic mass is 32.2. The minimum absolute atomic E-state index is 0.0282. The Kier molecular flexibility index (Phi) is 7.08. The zero-order valence-corrected chi connectivity index (χ0v) is 16.5. The summed E-state index contributed by atoms with van der Waals surface area (Å²) in [6, 6.07) is 10.8. The Morgan fingerprint density at radius 3 is 2.54 bits per heavy atom. The fourth-order valence-electron chi connectivity index (χ4n) is 2.27. The summed E-state index contributed by atoms with van der Waals surface area (Å²) in [6.45, 7) is 6.91. The lowest BCUT2D eigenvalue weighted by atomic mass is 10.1. The lowest BCUT2D eigenvalue weighted by molar-refractivity contribution is -0.119. The van der Waals surface area contributed by atoms with Gasteiger partial charge in [0.2, 0.25) is 10.0 Å². The van der Waals surface area contributed by atoms with E-state index in [1.165, 1.54) is 30.3 Å². The van der Waals surface area contributed by atoms with Gasteiger partial charge in [-0.15, -0.1) is 6.58 Å². The summed E-state index contributed by atoms with van der Waals surface area (Å²) in [5.41, 5.74) is 2.76. The number of carbonyl (C=O) groups is 2. The van der Waals surface area contributed by atoms with E-state index in [-0.39, 0.29) is 17.0 Å². The molecule has 0 aliphatic carbocycles. The van der Waals surface area contributed by atoms with Crippen molar-refractivity contribution in [1.29, 1.82) is 0 Å². The van der Waals surface area contributed by atoms with Gasteiger partial charge >= 0.3 is 5.97 Å².